The minimum atomic E-state index is -4.48. The molecule has 0 radical (unpaired) electrons. The second kappa shape index (κ2) is 55.7. The summed E-state index contributed by atoms with van der Waals surface area (Å²) in [6, 6.07) is -0.894. The standard InChI is InChI=1S/C67H115N2O7P/c1-7-10-13-16-19-22-25-28-30-32-34-36-38-41-44-47-50-53-56-59-66(70)68-64(63-75-77(72,73)74-62-61-69(4,5)6)65(58-55-52-49-46-43-40-27-24-21-18-15-12-9-3)76-67(71)60-57-54-51-48-45-42-39-37-35-33-31-29-26-23-20-17-14-11-8-2/h11,14,19-20,22-23,28-31,34-37,42,45,51,54-55,58,64-65H,7-10,12-13,15-18,21,24-27,32-33,38-41,43-44,46-50,52-53,56-57,59-63H2,1-6H3,(H-,68,70,72,73)/p+1/b14-11-,22-19-,23-20-,30-28-,31-29-,36-34-,37-35-,45-42-,54-51-,58-55+. The number of nitrogens with zero attached hydrogens (tertiary/aromatic N) is 1. The number of allylic oxidation sites excluding steroid dienone is 19. The summed E-state index contributed by atoms with van der Waals surface area (Å²) in [6.45, 7) is 6.80. The average Bonchev–Trinajstić information content (AvgIpc) is 3.39. The summed E-state index contributed by atoms with van der Waals surface area (Å²) in [6.07, 6.45) is 77.8. The van der Waals surface area contributed by atoms with E-state index < -0.39 is 25.9 Å². The molecule has 0 aliphatic heterocycles. The Bertz CT molecular complexity index is 1730. The van der Waals surface area contributed by atoms with E-state index in [0.717, 1.165) is 116 Å². The smallest absolute Gasteiger partial charge is 0.456 e. The van der Waals surface area contributed by atoms with Gasteiger partial charge < -0.3 is 19.4 Å². The quantitative estimate of drug-likeness (QED) is 0.0205. The van der Waals surface area contributed by atoms with Crippen molar-refractivity contribution in [3.05, 3.63) is 122 Å². The maximum atomic E-state index is 13.5. The van der Waals surface area contributed by atoms with E-state index in [0.29, 0.717) is 23.9 Å². The highest BCUT2D eigenvalue weighted by Gasteiger charge is 2.30. The molecule has 9 nitrogen and oxygen atoms in total. The van der Waals surface area contributed by atoms with Gasteiger partial charge in [-0.2, -0.15) is 0 Å². The molecule has 0 aromatic rings. The number of esters is 1. The summed E-state index contributed by atoms with van der Waals surface area (Å²) in [5.41, 5.74) is 0. The number of ether oxygens (including phenoxy) is 1. The number of phosphoric acid groups is 1. The lowest BCUT2D eigenvalue weighted by molar-refractivity contribution is -0.870. The zero-order valence-corrected chi connectivity index (χ0v) is 51.1. The number of hydrogen-bond acceptors (Lipinski definition) is 6. The Hall–Kier alpha value is -3.59. The molecule has 0 saturated heterocycles. The van der Waals surface area contributed by atoms with Gasteiger partial charge in [-0.3, -0.25) is 18.6 Å². The normalized spacial score (nSPS) is 14.5. The summed E-state index contributed by atoms with van der Waals surface area (Å²) in [4.78, 5) is 37.7. The first-order chi connectivity index (χ1) is 37.4. The Morgan fingerprint density at radius 3 is 1.30 bits per heavy atom. The van der Waals surface area contributed by atoms with Crippen molar-refractivity contribution in [1.82, 2.24) is 5.32 Å². The van der Waals surface area contributed by atoms with Crippen molar-refractivity contribution in [2.75, 3.05) is 40.9 Å². The molecule has 1 amide bonds. The van der Waals surface area contributed by atoms with Gasteiger partial charge in [0.05, 0.1) is 33.8 Å². The van der Waals surface area contributed by atoms with Crippen LogP contribution >= 0.6 is 7.82 Å². The van der Waals surface area contributed by atoms with Crippen LogP contribution in [0.3, 0.4) is 0 Å². The SMILES string of the molecule is CC/C=C\C/C=C\C/C=C\C/C=C\C/C=C\C/C=C\CCC(=O)OC(/C=C/CCCCCCCCCCCCC)C(COP(=O)(O)OCC[N+](C)(C)C)NC(=O)CCCCCCCC/C=C\C/C=C\C/C=C\CCCCC. The molecule has 0 aliphatic rings. The molecule has 0 aromatic carbocycles. The van der Waals surface area contributed by atoms with Gasteiger partial charge in [0.2, 0.25) is 5.91 Å². The van der Waals surface area contributed by atoms with Gasteiger partial charge in [-0.15, -0.1) is 0 Å². The second-order valence-electron chi connectivity index (χ2n) is 21.5. The molecular formula is C67H116N2O7P+. The fourth-order valence-electron chi connectivity index (χ4n) is 8.15. The molecule has 0 fully saturated rings. The van der Waals surface area contributed by atoms with Gasteiger partial charge in [0, 0.05) is 12.8 Å². The first kappa shape index (κ1) is 73.4. The molecule has 77 heavy (non-hydrogen) atoms. The van der Waals surface area contributed by atoms with Crippen LogP contribution in [0.2, 0.25) is 0 Å². The van der Waals surface area contributed by atoms with Crippen LogP contribution in [0.15, 0.2) is 122 Å². The Balaban J connectivity index is 5.46. The number of nitrogens with one attached hydrogen (secondary N) is 1. The number of carbonyl (C=O) groups is 2. The Labute approximate surface area is 473 Å². The molecule has 0 saturated carbocycles. The van der Waals surface area contributed by atoms with Crippen LogP contribution in [0, 0.1) is 0 Å². The fraction of sp³-hybridized carbons (Fsp3) is 0.672. The third-order valence-electron chi connectivity index (χ3n) is 12.9. The highest BCUT2D eigenvalue weighted by atomic mass is 31.2. The van der Waals surface area contributed by atoms with Gasteiger partial charge >= 0.3 is 13.8 Å². The molecule has 0 spiro atoms. The lowest BCUT2D eigenvalue weighted by Gasteiger charge is -2.27. The highest BCUT2D eigenvalue weighted by Crippen LogP contribution is 2.43. The van der Waals surface area contributed by atoms with Crippen LogP contribution in [0.5, 0.6) is 0 Å². The van der Waals surface area contributed by atoms with Gasteiger partial charge in [0.25, 0.3) is 0 Å². The second-order valence-corrected chi connectivity index (χ2v) is 22.9. The average molecular weight is 1090 g/mol. The van der Waals surface area contributed by atoms with Crippen LogP contribution in [0.4, 0.5) is 0 Å². The molecule has 0 bridgehead atoms. The van der Waals surface area contributed by atoms with Crippen LogP contribution in [-0.4, -0.2) is 74.3 Å². The molecule has 0 rings (SSSR count). The molecule has 2 N–H and O–H groups in total. The molecule has 0 heterocycles. The fourth-order valence-corrected chi connectivity index (χ4v) is 8.88. The molecule has 0 aliphatic carbocycles. The monoisotopic (exact) mass is 1090 g/mol. The Morgan fingerprint density at radius 2 is 0.844 bits per heavy atom. The summed E-state index contributed by atoms with van der Waals surface area (Å²) in [5.74, 6) is -0.624. The topological polar surface area (TPSA) is 111 Å². The van der Waals surface area contributed by atoms with E-state index in [1.165, 1.54) is 83.5 Å². The first-order valence-corrected chi connectivity index (χ1v) is 32.4. The van der Waals surface area contributed by atoms with Crippen molar-refractivity contribution in [2.24, 2.45) is 0 Å². The van der Waals surface area contributed by atoms with E-state index in [-0.39, 0.29) is 25.5 Å². The van der Waals surface area contributed by atoms with Crippen molar-refractivity contribution in [3.8, 4) is 0 Å². The number of phosphoric ester groups is 1. The predicted molar refractivity (Wildman–Crippen MR) is 332 cm³/mol. The van der Waals surface area contributed by atoms with E-state index in [9.17, 15) is 19.0 Å². The molecule has 10 heteroatoms. The van der Waals surface area contributed by atoms with E-state index in [2.05, 4.69) is 129 Å². The third-order valence-corrected chi connectivity index (χ3v) is 13.9. The van der Waals surface area contributed by atoms with E-state index >= 15 is 0 Å². The summed E-state index contributed by atoms with van der Waals surface area (Å²) in [7, 11) is 1.43. The molecular weight excluding hydrogens is 976 g/mol. The van der Waals surface area contributed by atoms with Crippen molar-refractivity contribution < 1.29 is 37.3 Å². The minimum Gasteiger partial charge on any atom is -0.456 e. The maximum absolute atomic E-state index is 13.5. The zero-order valence-electron chi connectivity index (χ0n) is 50.2. The number of rotatable bonds is 54. The summed E-state index contributed by atoms with van der Waals surface area (Å²) < 4.78 is 30.6. The Kier molecular flexibility index (Phi) is 53.1. The molecule has 3 atom stereocenters. The summed E-state index contributed by atoms with van der Waals surface area (Å²) in [5, 5.41) is 3.03. The highest BCUT2D eigenvalue weighted by molar-refractivity contribution is 7.47. The van der Waals surface area contributed by atoms with Gasteiger partial charge in [0.15, 0.2) is 0 Å². The van der Waals surface area contributed by atoms with E-state index in [4.69, 9.17) is 13.8 Å². The van der Waals surface area contributed by atoms with Crippen molar-refractivity contribution in [1.29, 1.82) is 0 Å². The largest absolute Gasteiger partial charge is 0.472 e. The van der Waals surface area contributed by atoms with Gasteiger partial charge in [-0.25, -0.2) is 4.57 Å². The van der Waals surface area contributed by atoms with E-state index in [1.807, 2.05) is 39.4 Å². The number of hydrogen-bond donors (Lipinski definition) is 2. The van der Waals surface area contributed by atoms with Crippen LogP contribution < -0.4 is 5.32 Å². The number of likely N-dealkylation sites (N-methyl/N-ethyl adjacent to an activating group) is 1. The van der Waals surface area contributed by atoms with Gasteiger partial charge in [-0.05, 0) is 109 Å². The van der Waals surface area contributed by atoms with Crippen molar-refractivity contribution >= 4 is 19.7 Å². The van der Waals surface area contributed by atoms with Crippen molar-refractivity contribution in [2.45, 2.75) is 251 Å². The zero-order chi connectivity index (χ0) is 56.4. The van der Waals surface area contributed by atoms with Gasteiger partial charge in [-0.1, -0.05) is 239 Å². The maximum Gasteiger partial charge on any atom is 0.472 e. The lowest BCUT2D eigenvalue weighted by Crippen LogP contribution is -2.47. The molecule has 440 valence electrons. The number of carbonyl (C=O) groups excluding carboxylic acids is 2. The third kappa shape index (κ3) is 56.9. The Morgan fingerprint density at radius 1 is 0.468 bits per heavy atom. The van der Waals surface area contributed by atoms with Crippen molar-refractivity contribution in [3.63, 3.8) is 0 Å². The van der Waals surface area contributed by atoms with Crippen LogP contribution in [0.25, 0.3) is 0 Å². The predicted octanol–water partition coefficient (Wildman–Crippen LogP) is 19.1. The number of amides is 1. The van der Waals surface area contributed by atoms with Crippen LogP contribution in [0.1, 0.15) is 239 Å². The van der Waals surface area contributed by atoms with Crippen LogP contribution in [-0.2, 0) is 27.9 Å². The van der Waals surface area contributed by atoms with Gasteiger partial charge in [0.1, 0.15) is 19.3 Å². The van der Waals surface area contributed by atoms with E-state index in [1.54, 1.807) is 0 Å². The number of unbranched alkanes of at least 4 members (excludes halogenated alkanes) is 20. The summed E-state index contributed by atoms with van der Waals surface area (Å²) >= 11 is 0. The minimum absolute atomic E-state index is 0.0199. The lowest BCUT2D eigenvalue weighted by atomic mass is 10.0. The number of quaternary nitrogens is 1. The molecule has 0 aromatic heterocycles. The first-order valence-electron chi connectivity index (χ1n) is 30.9. The molecule has 3 unspecified atom stereocenters.